The number of hydrogen-bond acceptors (Lipinski definition) is 4. The molecule has 0 fully saturated rings. The van der Waals surface area contributed by atoms with Crippen LogP contribution in [0.4, 0.5) is 5.69 Å². The molecule has 0 atom stereocenters. The lowest BCUT2D eigenvalue weighted by Crippen LogP contribution is -2.36. The van der Waals surface area contributed by atoms with Crippen molar-refractivity contribution in [1.82, 2.24) is 5.32 Å². The van der Waals surface area contributed by atoms with Crippen LogP contribution in [0, 0.1) is 20.8 Å². The third-order valence-electron chi connectivity index (χ3n) is 4.83. The summed E-state index contributed by atoms with van der Waals surface area (Å²) in [6.07, 6.45) is 0. The largest absolute Gasteiger partial charge is 0.489 e. The first-order valence-electron chi connectivity index (χ1n) is 10.4. The molecule has 6 heteroatoms. The summed E-state index contributed by atoms with van der Waals surface area (Å²) < 4.78 is 11.2. The van der Waals surface area contributed by atoms with Crippen LogP contribution in [-0.4, -0.2) is 25.0 Å². The van der Waals surface area contributed by atoms with Gasteiger partial charge in [-0.15, -0.1) is 0 Å². The lowest BCUT2D eigenvalue weighted by Gasteiger charge is -2.13. The molecule has 0 saturated heterocycles. The van der Waals surface area contributed by atoms with Gasteiger partial charge in [0.2, 0.25) is 5.91 Å². The second-order valence-electron chi connectivity index (χ2n) is 7.63. The predicted octanol–water partition coefficient (Wildman–Crippen LogP) is 4.32. The van der Waals surface area contributed by atoms with Crippen LogP contribution < -0.4 is 20.1 Å². The molecule has 2 amide bonds. The van der Waals surface area contributed by atoms with Gasteiger partial charge in [0.15, 0.2) is 6.61 Å². The summed E-state index contributed by atoms with van der Waals surface area (Å²) >= 11 is 0. The van der Waals surface area contributed by atoms with Crippen molar-refractivity contribution in [3.05, 3.63) is 89.0 Å². The number of amides is 2. The molecule has 166 valence electrons. The molecule has 0 aliphatic heterocycles. The van der Waals surface area contributed by atoms with Crippen LogP contribution in [0.25, 0.3) is 0 Å². The van der Waals surface area contributed by atoms with Gasteiger partial charge in [0.05, 0.1) is 6.54 Å². The highest BCUT2D eigenvalue weighted by Gasteiger charge is 2.10. The molecule has 3 rings (SSSR count). The molecule has 0 unspecified atom stereocenters. The Kier molecular flexibility index (Phi) is 7.86. The quantitative estimate of drug-likeness (QED) is 0.528. The van der Waals surface area contributed by atoms with E-state index in [4.69, 9.17) is 9.47 Å². The van der Waals surface area contributed by atoms with Gasteiger partial charge in [-0.05, 0) is 61.7 Å². The monoisotopic (exact) mass is 432 g/mol. The molecular formula is C26H28N2O4. The molecule has 0 saturated carbocycles. The van der Waals surface area contributed by atoms with Crippen molar-refractivity contribution in [2.45, 2.75) is 27.4 Å². The molecule has 0 aromatic heterocycles. The Bertz CT molecular complexity index is 1040. The van der Waals surface area contributed by atoms with E-state index in [1.807, 2.05) is 63.2 Å². The molecule has 3 aromatic rings. The maximum atomic E-state index is 12.2. The zero-order valence-corrected chi connectivity index (χ0v) is 18.6. The fourth-order valence-corrected chi connectivity index (χ4v) is 3.31. The van der Waals surface area contributed by atoms with Gasteiger partial charge in [0.1, 0.15) is 18.1 Å². The van der Waals surface area contributed by atoms with E-state index < -0.39 is 0 Å². The minimum absolute atomic E-state index is 0.124. The number of benzene rings is 3. The summed E-state index contributed by atoms with van der Waals surface area (Å²) in [5.74, 6) is 0.599. The first kappa shape index (κ1) is 22.9. The number of carbonyl (C=O) groups is 2. The fraction of sp³-hybridized carbons (Fsp3) is 0.231. The zero-order valence-electron chi connectivity index (χ0n) is 18.6. The minimum atomic E-state index is -0.373. The second-order valence-corrected chi connectivity index (χ2v) is 7.63. The van der Waals surface area contributed by atoms with Crippen molar-refractivity contribution in [3.8, 4) is 11.5 Å². The van der Waals surface area contributed by atoms with E-state index in [1.54, 1.807) is 24.3 Å². The summed E-state index contributed by atoms with van der Waals surface area (Å²) in [4.78, 5) is 24.2. The van der Waals surface area contributed by atoms with Crippen LogP contribution >= 0.6 is 0 Å². The SMILES string of the molecule is Cc1cc(C)c(NC(=O)CNC(=O)COc2ccc(OCc3ccccc3)cc2)c(C)c1. The maximum absolute atomic E-state index is 12.2. The van der Waals surface area contributed by atoms with E-state index in [-0.39, 0.29) is 25.0 Å². The molecular weight excluding hydrogens is 404 g/mol. The van der Waals surface area contributed by atoms with Crippen molar-refractivity contribution in [3.63, 3.8) is 0 Å². The number of anilines is 1. The highest BCUT2D eigenvalue weighted by Crippen LogP contribution is 2.22. The van der Waals surface area contributed by atoms with Gasteiger partial charge < -0.3 is 20.1 Å². The highest BCUT2D eigenvalue weighted by molar-refractivity contribution is 5.95. The minimum Gasteiger partial charge on any atom is -0.489 e. The first-order chi connectivity index (χ1) is 15.4. The Morgan fingerprint density at radius 2 is 1.38 bits per heavy atom. The molecule has 0 spiro atoms. The summed E-state index contributed by atoms with van der Waals surface area (Å²) in [5, 5.41) is 5.43. The Labute approximate surface area is 188 Å². The van der Waals surface area contributed by atoms with E-state index in [9.17, 15) is 9.59 Å². The van der Waals surface area contributed by atoms with Gasteiger partial charge in [-0.25, -0.2) is 0 Å². The molecule has 32 heavy (non-hydrogen) atoms. The molecule has 6 nitrogen and oxygen atoms in total. The van der Waals surface area contributed by atoms with Gasteiger partial charge >= 0.3 is 0 Å². The third-order valence-corrected chi connectivity index (χ3v) is 4.83. The highest BCUT2D eigenvalue weighted by atomic mass is 16.5. The predicted molar refractivity (Wildman–Crippen MR) is 125 cm³/mol. The summed E-state index contributed by atoms with van der Waals surface area (Å²) in [7, 11) is 0. The van der Waals surface area contributed by atoms with E-state index in [0.717, 1.165) is 27.9 Å². The first-order valence-corrected chi connectivity index (χ1v) is 10.4. The fourth-order valence-electron chi connectivity index (χ4n) is 3.31. The van der Waals surface area contributed by atoms with Crippen molar-refractivity contribution in [2.75, 3.05) is 18.5 Å². The standard InChI is InChI=1S/C26H28N2O4/c1-18-13-19(2)26(20(3)14-18)28-24(29)15-27-25(30)17-32-23-11-9-22(10-12-23)31-16-21-7-5-4-6-8-21/h4-14H,15-17H2,1-3H3,(H,27,30)(H,28,29). The van der Waals surface area contributed by atoms with Gasteiger partial charge in [-0.2, -0.15) is 0 Å². The van der Waals surface area contributed by atoms with Crippen molar-refractivity contribution in [1.29, 1.82) is 0 Å². The van der Waals surface area contributed by atoms with E-state index in [1.165, 1.54) is 0 Å². The summed E-state index contributed by atoms with van der Waals surface area (Å²) in [5.41, 5.74) is 4.98. The Morgan fingerprint density at radius 1 is 0.781 bits per heavy atom. The average Bonchev–Trinajstić information content (AvgIpc) is 2.78. The zero-order chi connectivity index (χ0) is 22.9. The third kappa shape index (κ3) is 6.87. The van der Waals surface area contributed by atoms with Gasteiger partial charge in [0, 0.05) is 5.69 Å². The molecule has 2 N–H and O–H groups in total. The number of hydrogen-bond donors (Lipinski definition) is 2. The molecule has 0 aliphatic carbocycles. The van der Waals surface area contributed by atoms with Crippen molar-refractivity contribution >= 4 is 17.5 Å². The lowest BCUT2D eigenvalue weighted by atomic mass is 10.1. The number of rotatable bonds is 9. The summed E-state index contributed by atoms with van der Waals surface area (Å²) in [6.45, 7) is 6.08. The Balaban J connectivity index is 1.39. The van der Waals surface area contributed by atoms with Crippen LogP contribution in [0.5, 0.6) is 11.5 Å². The average molecular weight is 433 g/mol. The molecule has 0 bridgehead atoms. The summed E-state index contributed by atoms with van der Waals surface area (Å²) in [6, 6.07) is 21.0. The second kappa shape index (κ2) is 11.0. The van der Waals surface area contributed by atoms with Crippen LogP contribution in [0.1, 0.15) is 22.3 Å². The lowest BCUT2D eigenvalue weighted by molar-refractivity contribution is -0.125. The normalized spacial score (nSPS) is 10.3. The Morgan fingerprint density at radius 3 is 2.00 bits per heavy atom. The smallest absolute Gasteiger partial charge is 0.258 e. The Hall–Kier alpha value is -3.80. The van der Waals surface area contributed by atoms with Crippen LogP contribution in [-0.2, 0) is 16.2 Å². The van der Waals surface area contributed by atoms with Gasteiger partial charge in [-0.1, -0.05) is 48.0 Å². The van der Waals surface area contributed by atoms with E-state index >= 15 is 0 Å². The van der Waals surface area contributed by atoms with E-state index in [0.29, 0.717) is 18.1 Å². The van der Waals surface area contributed by atoms with Crippen molar-refractivity contribution in [2.24, 2.45) is 0 Å². The maximum Gasteiger partial charge on any atom is 0.258 e. The van der Waals surface area contributed by atoms with E-state index in [2.05, 4.69) is 10.6 Å². The van der Waals surface area contributed by atoms with Gasteiger partial charge in [0.25, 0.3) is 5.91 Å². The topological polar surface area (TPSA) is 76.7 Å². The van der Waals surface area contributed by atoms with Crippen LogP contribution in [0.3, 0.4) is 0 Å². The van der Waals surface area contributed by atoms with Crippen LogP contribution in [0.2, 0.25) is 0 Å². The van der Waals surface area contributed by atoms with Crippen molar-refractivity contribution < 1.29 is 19.1 Å². The molecule has 0 radical (unpaired) electrons. The molecule has 3 aromatic carbocycles. The number of ether oxygens (including phenoxy) is 2. The number of aryl methyl sites for hydroxylation is 3. The molecule has 0 heterocycles. The number of carbonyl (C=O) groups excluding carboxylic acids is 2. The number of nitrogens with one attached hydrogen (secondary N) is 2. The van der Waals surface area contributed by atoms with Crippen LogP contribution in [0.15, 0.2) is 66.7 Å². The van der Waals surface area contributed by atoms with Gasteiger partial charge in [-0.3, -0.25) is 9.59 Å². The molecule has 0 aliphatic rings.